The SMILES string of the molecule is CCOc1c(Cl)cccc1NC(=O)c1cc2ccccc2c(N=Nc2ccc(S(=O)(=O)O)c(CC)c2Cl)c1O. The third-order valence-electron chi connectivity index (χ3n) is 5.81. The molecule has 0 spiro atoms. The van der Waals surface area contributed by atoms with Gasteiger partial charge in [0.25, 0.3) is 16.0 Å². The average molecular weight is 588 g/mol. The second-order valence-corrected chi connectivity index (χ2v) is 10.4. The van der Waals surface area contributed by atoms with Crippen LogP contribution < -0.4 is 10.1 Å². The van der Waals surface area contributed by atoms with Gasteiger partial charge >= 0.3 is 0 Å². The number of para-hydroxylation sites is 1. The third kappa shape index (κ3) is 5.84. The van der Waals surface area contributed by atoms with E-state index in [2.05, 4.69) is 15.5 Å². The maximum Gasteiger partial charge on any atom is 0.294 e. The molecule has 0 heterocycles. The van der Waals surface area contributed by atoms with Crippen LogP contribution in [0.2, 0.25) is 10.0 Å². The van der Waals surface area contributed by atoms with E-state index in [0.717, 1.165) is 0 Å². The Kier molecular flexibility index (Phi) is 8.41. The topological polar surface area (TPSA) is 138 Å². The Labute approximate surface area is 234 Å². The van der Waals surface area contributed by atoms with Crippen LogP contribution in [0.5, 0.6) is 11.5 Å². The summed E-state index contributed by atoms with van der Waals surface area (Å²) in [5, 5.41) is 23.6. The van der Waals surface area contributed by atoms with Crippen LogP contribution in [0.3, 0.4) is 0 Å². The molecule has 3 N–H and O–H groups in total. The molecule has 4 aromatic carbocycles. The molecule has 4 rings (SSSR count). The molecule has 0 saturated carbocycles. The zero-order chi connectivity index (χ0) is 28.3. The zero-order valence-electron chi connectivity index (χ0n) is 20.8. The summed E-state index contributed by atoms with van der Waals surface area (Å²) in [4.78, 5) is 13.0. The van der Waals surface area contributed by atoms with Crippen molar-refractivity contribution in [1.29, 1.82) is 0 Å². The molecule has 0 aliphatic carbocycles. The molecule has 0 unspecified atom stereocenters. The van der Waals surface area contributed by atoms with Gasteiger partial charge in [0.15, 0.2) is 11.5 Å². The predicted molar refractivity (Wildman–Crippen MR) is 151 cm³/mol. The minimum Gasteiger partial charge on any atom is -0.505 e. The first-order valence-electron chi connectivity index (χ1n) is 11.7. The van der Waals surface area contributed by atoms with Crippen LogP contribution in [-0.2, 0) is 16.5 Å². The van der Waals surface area contributed by atoms with Gasteiger partial charge in [-0.05, 0) is 54.6 Å². The Morgan fingerprint density at radius 2 is 1.77 bits per heavy atom. The molecule has 0 aromatic heterocycles. The monoisotopic (exact) mass is 587 g/mol. The number of halogens is 2. The van der Waals surface area contributed by atoms with E-state index in [0.29, 0.717) is 33.8 Å². The van der Waals surface area contributed by atoms with Gasteiger partial charge in [0.2, 0.25) is 0 Å². The lowest BCUT2D eigenvalue weighted by Crippen LogP contribution is -2.13. The summed E-state index contributed by atoms with van der Waals surface area (Å²) in [7, 11) is -4.50. The van der Waals surface area contributed by atoms with E-state index in [1.165, 1.54) is 18.2 Å². The van der Waals surface area contributed by atoms with Crippen molar-refractivity contribution in [2.24, 2.45) is 10.2 Å². The first-order chi connectivity index (χ1) is 18.6. The number of carbonyl (C=O) groups is 1. The fourth-order valence-electron chi connectivity index (χ4n) is 4.02. The maximum absolute atomic E-state index is 13.3. The summed E-state index contributed by atoms with van der Waals surface area (Å²) in [5.74, 6) is -0.775. The zero-order valence-corrected chi connectivity index (χ0v) is 23.1. The van der Waals surface area contributed by atoms with Gasteiger partial charge in [0, 0.05) is 5.39 Å². The Morgan fingerprint density at radius 3 is 2.46 bits per heavy atom. The smallest absolute Gasteiger partial charge is 0.294 e. The van der Waals surface area contributed by atoms with Crippen molar-refractivity contribution in [3.63, 3.8) is 0 Å². The van der Waals surface area contributed by atoms with Gasteiger partial charge in [0.05, 0.1) is 32.8 Å². The molecule has 0 aliphatic rings. The number of anilines is 1. The van der Waals surface area contributed by atoms with E-state index in [9.17, 15) is 22.9 Å². The largest absolute Gasteiger partial charge is 0.505 e. The molecule has 0 saturated heterocycles. The lowest BCUT2D eigenvalue weighted by Gasteiger charge is -2.14. The number of benzene rings is 4. The average Bonchev–Trinajstić information content (AvgIpc) is 2.89. The summed E-state index contributed by atoms with van der Waals surface area (Å²) in [5.41, 5.74) is 0.529. The van der Waals surface area contributed by atoms with Crippen LogP contribution in [-0.4, -0.2) is 30.6 Å². The number of nitrogens with zero attached hydrogens (tertiary/aromatic N) is 2. The lowest BCUT2D eigenvalue weighted by molar-refractivity contribution is 0.102. The maximum atomic E-state index is 13.3. The summed E-state index contributed by atoms with van der Waals surface area (Å²) in [6.45, 7) is 3.79. The van der Waals surface area contributed by atoms with Crippen molar-refractivity contribution in [3.8, 4) is 11.5 Å². The Morgan fingerprint density at radius 1 is 1.03 bits per heavy atom. The van der Waals surface area contributed by atoms with Crippen LogP contribution in [0.15, 0.2) is 75.8 Å². The van der Waals surface area contributed by atoms with Gasteiger partial charge in [-0.3, -0.25) is 9.35 Å². The minimum absolute atomic E-state index is 0.00217. The van der Waals surface area contributed by atoms with Crippen molar-refractivity contribution in [2.75, 3.05) is 11.9 Å². The van der Waals surface area contributed by atoms with Crippen LogP contribution >= 0.6 is 23.2 Å². The number of aromatic hydroxyl groups is 1. The highest BCUT2D eigenvalue weighted by molar-refractivity contribution is 7.85. The standard InChI is InChI=1S/C27H23Cl2N3O6S/c1-3-16-22(39(35,36)37)13-12-20(23(16)29)31-32-24-17-9-6-5-8-15(17)14-18(25(24)33)27(34)30-21-11-7-10-19(28)26(21)38-4-2/h5-14,33H,3-4H2,1-2H3,(H,30,34)(H,35,36,37). The Balaban J connectivity index is 1.80. The number of nitrogens with one attached hydrogen (secondary N) is 1. The number of carbonyl (C=O) groups excluding carboxylic acids is 1. The number of amides is 1. The van der Waals surface area contributed by atoms with Crippen molar-refractivity contribution >= 4 is 67.1 Å². The number of phenolic OH excluding ortho intramolecular Hbond substituents is 1. The fourth-order valence-corrected chi connectivity index (χ4v) is 5.44. The van der Waals surface area contributed by atoms with Gasteiger partial charge in [-0.1, -0.05) is 60.5 Å². The van der Waals surface area contributed by atoms with Crippen molar-refractivity contribution in [3.05, 3.63) is 81.8 Å². The molecule has 0 radical (unpaired) electrons. The van der Waals surface area contributed by atoms with Crippen LogP contribution in [0.1, 0.15) is 29.8 Å². The number of azo groups is 1. The first kappa shape index (κ1) is 28.3. The van der Waals surface area contributed by atoms with Gasteiger partial charge in [-0.15, -0.1) is 10.2 Å². The molecule has 0 aliphatic heterocycles. The van der Waals surface area contributed by atoms with E-state index in [1.807, 2.05) is 0 Å². The van der Waals surface area contributed by atoms with Crippen molar-refractivity contribution in [2.45, 2.75) is 25.2 Å². The number of ether oxygens (including phenoxy) is 1. The van der Waals surface area contributed by atoms with Crippen molar-refractivity contribution in [1.82, 2.24) is 0 Å². The summed E-state index contributed by atoms with van der Waals surface area (Å²) < 4.78 is 38.5. The molecule has 9 nitrogen and oxygen atoms in total. The molecule has 202 valence electrons. The highest BCUT2D eigenvalue weighted by Gasteiger charge is 2.22. The normalized spacial score (nSPS) is 11.7. The summed E-state index contributed by atoms with van der Waals surface area (Å²) >= 11 is 12.6. The molecule has 4 aromatic rings. The molecular weight excluding hydrogens is 565 g/mol. The first-order valence-corrected chi connectivity index (χ1v) is 13.9. The summed E-state index contributed by atoms with van der Waals surface area (Å²) in [6, 6.07) is 15.9. The van der Waals surface area contributed by atoms with E-state index in [4.69, 9.17) is 27.9 Å². The van der Waals surface area contributed by atoms with Crippen molar-refractivity contribution < 1.29 is 27.6 Å². The summed E-state index contributed by atoms with van der Waals surface area (Å²) in [6.07, 6.45) is 0.203. The minimum atomic E-state index is -4.50. The second kappa shape index (κ2) is 11.6. The highest BCUT2D eigenvalue weighted by atomic mass is 35.5. The lowest BCUT2D eigenvalue weighted by atomic mass is 10.0. The molecule has 39 heavy (non-hydrogen) atoms. The molecule has 1 amide bonds. The highest BCUT2D eigenvalue weighted by Crippen LogP contribution is 2.42. The van der Waals surface area contributed by atoms with Gasteiger partial charge in [-0.25, -0.2) is 0 Å². The number of hydrogen-bond acceptors (Lipinski definition) is 7. The Hall–Kier alpha value is -3.70. The van der Waals surface area contributed by atoms with E-state index >= 15 is 0 Å². The number of phenols is 1. The predicted octanol–water partition coefficient (Wildman–Crippen LogP) is 7.73. The van der Waals surface area contributed by atoms with E-state index < -0.39 is 21.8 Å². The van der Waals surface area contributed by atoms with Crippen LogP contribution in [0.25, 0.3) is 10.8 Å². The molecular formula is C27H23Cl2N3O6S. The van der Waals surface area contributed by atoms with E-state index in [1.54, 1.807) is 56.3 Å². The quantitative estimate of drug-likeness (QED) is 0.142. The van der Waals surface area contributed by atoms with Crippen LogP contribution in [0.4, 0.5) is 17.1 Å². The molecule has 0 fully saturated rings. The van der Waals surface area contributed by atoms with E-state index in [-0.39, 0.29) is 38.8 Å². The molecule has 0 atom stereocenters. The molecule has 0 bridgehead atoms. The van der Waals surface area contributed by atoms with Gasteiger partial charge < -0.3 is 15.2 Å². The third-order valence-corrected chi connectivity index (χ3v) is 7.47. The fraction of sp³-hybridized carbons (Fsp3) is 0.148. The number of hydrogen-bond donors (Lipinski definition) is 3. The Bertz CT molecular complexity index is 1720. The number of fused-ring (bicyclic) bond motifs is 1. The van der Waals surface area contributed by atoms with Crippen LogP contribution in [0, 0.1) is 0 Å². The molecule has 12 heteroatoms. The van der Waals surface area contributed by atoms with Gasteiger partial charge in [-0.2, -0.15) is 8.42 Å². The second-order valence-electron chi connectivity index (χ2n) is 8.25. The number of rotatable bonds is 8. The van der Waals surface area contributed by atoms with Gasteiger partial charge in [0.1, 0.15) is 11.4 Å².